The van der Waals surface area contributed by atoms with E-state index >= 15 is 0 Å². The third-order valence-electron chi connectivity index (χ3n) is 4.26. The standard InChI is InChI=1S/C19H17N5O2S/c1-2-13(18(26)23-19-22-15-5-3-4-6-16(15)27-19)21-17(25)11-7-8-14-12(9-11)10-20-24-14/h3-10,13H,2H2,1H3,(H,20,24)(H,21,25)(H,22,23,26)/t13-/m1/s1. The van der Waals surface area contributed by atoms with Crippen molar-refractivity contribution in [1.29, 1.82) is 0 Å². The van der Waals surface area contributed by atoms with Crippen LogP contribution in [-0.4, -0.2) is 33.0 Å². The molecule has 0 saturated heterocycles. The number of benzene rings is 2. The molecule has 0 fully saturated rings. The summed E-state index contributed by atoms with van der Waals surface area (Å²) in [6.07, 6.45) is 2.12. The molecule has 0 bridgehead atoms. The number of thiazole rings is 1. The third kappa shape index (κ3) is 3.52. The van der Waals surface area contributed by atoms with E-state index in [9.17, 15) is 9.59 Å². The molecule has 2 amide bonds. The van der Waals surface area contributed by atoms with E-state index in [4.69, 9.17) is 0 Å². The highest BCUT2D eigenvalue weighted by Crippen LogP contribution is 2.25. The summed E-state index contributed by atoms with van der Waals surface area (Å²) in [6, 6.07) is 12.3. The van der Waals surface area contributed by atoms with Crippen molar-refractivity contribution in [2.45, 2.75) is 19.4 Å². The molecule has 136 valence electrons. The minimum absolute atomic E-state index is 0.283. The van der Waals surface area contributed by atoms with Gasteiger partial charge >= 0.3 is 0 Å². The van der Waals surface area contributed by atoms with E-state index < -0.39 is 6.04 Å². The van der Waals surface area contributed by atoms with Crippen LogP contribution < -0.4 is 10.6 Å². The quantitative estimate of drug-likeness (QED) is 0.495. The average molecular weight is 379 g/mol. The van der Waals surface area contributed by atoms with Crippen LogP contribution in [0, 0.1) is 0 Å². The molecule has 8 heteroatoms. The number of nitrogens with zero attached hydrogens (tertiary/aromatic N) is 2. The Morgan fingerprint density at radius 1 is 1.22 bits per heavy atom. The first-order chi connectivity index (χ1) is 13.1. The summed E-state index contributed by atoms with van der Waals surface area (Å²) in [6.45, 7) is 1.85. The lowest BCUT2D eigenvalue weighted by Gasteiger charge is -2.16. The minimum Gasteiger partial charge on any atom is -0.340 e. The number of hydrogen-bond acceptors (Lipinski definition) is 5. The number of anilines is 1. The number of para-hydroxylation sites is 1. The van der Waals surface area contributed by atoms with E-state index in [1.807, 2.05) is 31.2 Å². The van der Waals surface area contributed by atoms with Crippen LogP contribution in [0.2, 0.25) is 0 Å². The summed E-state index contributed by atoms with van der Waals surface area (Å²) in [5.74, 6) is -0.585. The molecule has 27 heavy (non-hydrogen) atoms. The summed E-state index contributed by atoms with van der Waals surface area (Å²) in [7, 11) is 0. The van der Waals surface area contributed by atoms with Gasteiger partial charge in [0.25, 0.3) is 5.91 Å². The number of carbonyl (C=O) groups is 2. The second-order valence-electron chi connectivity index (χ2n) is 6.08. The summed E-state index contributed by atoms with van der Waals surface area (Å²) in [5.41, 5.74) is 2.17. The maximum Gasteiger partial charge on any atom is 0.251 e. The fourth-order valence-corrected chi connectivity index (χ4v) is 3.67. The van der Waals surface area contributed by atoms with Crippen LogP contribution in [0.3, 0.4) is 0 Å². The Hall–Kier alpha value is -3.26. The van der Waals surface area contributed by atoms with Crippen molar-refractivity contribution in [1.82, 2.24) is 20.5 Å². The van der Waals surface area contributed by atoms with Crippen molar-refractivity contribution in [3.8, 4) is 0 Å². The normalized spacial score (nSPS) is 12.2. The maximum atomic E-state index is 12.6. The van der Waals surface area contributed by atoms with Gasteiger partial charge in [-0.05, 0) is 36.8 Å². The van der Waals surface area contributed by atoms with E-state index in [1.165, 1.54) is 11.3 Å². The molecular formula is C19H17N5O2S. The number of aromatic amines is 1. The first-order valence-corrected chi connectivity index (χ1v) is 9.36. The first-order valence-electron chi connectivity index (χ1n) is 8.54. The van der Waals surface area contributed by atoms with Crippen molar-refractivity contribution in [2.75, 3.05) is 5.32 Å². The lowest BCUT2D eigenvalue weighted by Crippen LogP contribution is -2.43. The Morgan fingerprint density at radius 3 is 2.89 bits per heavy atom. The molecule has 0 unspecified atom stereocenters. The highest BCUT2D eigenvalue weighted by atomic mass is 32.1. The van der Waals surface area contributed by atoms with Crippen LogP contribution in [-0.2, 0) is 4.79 Å². The molecule has 2 heterocycles. The van der Waals surface area contributed by atoms with Gasteiger partial charge in [-0.25, -0.2) is 4.98 Å². The lowest BCUT2D eigenvalue weighted by atomic mass is 10.1. The Morgan fingerprint density at radius 2 is 2.07 bits per heavy atom. The highest BCUT2D eigenvalue weighted by molar-refractivity contribution is 7.22. The third-order valence-corrected chi connectivity index (χ3v) is 5.21. The molecule has 4 aromatic rings. The predicted octanol–water partition coefficient (Wildman–Crippen LogP) is 3.32. The molecule has 1 atom stereocenters. The van der Waals surface area contributed by atoms with Gasteiger partial charge in [-0.3, -0.25) is 14.7 Å². The number of carbonyl (C=O) groups excluding carboxylic acids is 2. The van der Waals surface area contributed by atoms with Crippen LogP contribution in [0.5, 0.6) is 0 Å². The van der Waals surface area contributed by atoms with Crippen molar-refractivity contribution < 1.29 is 9.59 Å². The van der Waals surface area contributed by atoms with Crippen LogP contribution in [0.25, 0.3) is 21.1 Å². The largest absolute Gasteiger partial charge is 0.340 e. The minimum atomic E-state index is -0.649. The second kappa shape index (κ2) is 7.16. The number of amides is 2. The van der Waals surface area contributed by atoms with E-state index in [0.29, 0.717) is 17.1 Å². The number of nitrogens with one attached hydrogen (secondary N) is 3. The number of H-pyrrole nitrogens is 1. The molecule has 4 rings (SSSR count). The number of aromatic nitrogens is 3. The van der Waals surface area contributed by atoms with Gasteiger partial charge in [-0.15, -0.1) is 0 Å². The van der Waals surface area contributed by atoms with Crippen molar-refractivity contribution in [2.24, 2.45) is 0 Å². The highest BCUT2D eigenvalue weighted by Gasteiger charge is 2.21. The van der Waals surface area contributed by atoms with E-state index in [2.05, 4.69) is 25.8 Å². The molecule has 0 spiro atoms. The summed E-state index contributed by atoms with van der Waals surface area (Å²) >= 11 is 1.40. The molecular weight excluding hydrogens is 362 g/mol. The Bertz CT molecular complexity index is 1100. The van der Waals surface area contributed by atoms with E-state index in [1.54, 1.807) is 24.4 Å². The second-order valence-corrected chi connectivity index (χ2v) is 7.11. The molecule has 0 aliphatic rings. The van der Waals surface area contributed by atoms with Gasteiger partial charge in [0.15, 0.2) is 5.13 Å². The maximum absolute atomic E-state index is 12.6. The zero-order valence-corrected chi connectivity index (χ0v) is 15.3. The van der Waals surface area contributed by atoms with Gasteiger partial charge in [0.1, 0.15) is 6.04 Å². The van der Waals surface area contributed by atoms with Gasteiger partial charge in [0.05, 0.1) is 21.9 Å². The summed E-state index contributed by atoms with van der Waals surface area (Å²) in [4.78, 5) is 29.5. The fraction of sp³-hybridized carbons (Fsp3) is 0.158. The molecule has 2 aromatic heterocycles. The SMILES string of the molecule is CC[C@@H](NC(=O)c1ccc2[nH]ncc2c1)C(=O)Nc1nc2ccccc2s1. The number of rotatable bonds is 5. The summed E-state index contributed by atoms with van der Waals surface area (Å²) < 4.78 is 0.998. The van der Waals surface area contributed by atoms with Crippen molar-refractivity contribution in [3.63, 3.8) is 0 Å². The number of fused-ring (bicyclic) bond motifs is 2. The van der Waals surface area contributed by atoms with Gasteiger partial charge in [-0.1, -0.05) is 30.4 Å². The van der Waals surface area contributed by atoms with Crippen molar-refractivity contribution in [3.05, 3.63) is 54.2 Å². The van der Waals surface area contributed by atoms with Gasteiger partial charge in [0, 0.05) is 10.9 Å². The number of hydrogen-bond donors (Lipinski definition) is 3. The van der Waals surface area contributed by atoms with E-state index in [0.717, 1.165) is 21.1 Å². The molecule has 7 nitrogen and oxygen atoms in total. The van der Waals surface area contributed by atoms with Crippen molar-refractivity contribution >= 4 is 49.4 Å². The van der Waals surface area contributed by atoms with Gasteiger partial charge in [-0.2, -0.15) is 5.10 Å². The van der Waals surface area contributed by atoms with Crippen LogP contribution in [0.4, 0.5) is 5.13 Å². The fourth-order valence-electron chi connectivity index (χ4n) is 2.80. The Kier molecular flexibility index (Phi) is 4.55. The molecule has 3 N–H and O–H groups in total. The van der Waals surface area contributed by atoms with Gasteiger partial charge < -0.3 is 10.6 Å². The topological polar surface area (TPSA) is 99.8 Å². The molecule has 0 radical (unpaired) electrons. The van der Waals surface area contributed by atoms with E-state index in [-0.39, 0.29) is 11.8 Å². The lowest BCUT2D eigenvalue weighted by molar-refractivity contribution is -0.118. The molecule has 0 saturated carbocycles. The van der Waals surface area contributed by atoms with Crippen LogP contribution in [0.15, 0.2) is 48.7 Å². The monoisotopic (exact) mass is 379 g/mol. The zero-order valence-electron chi connectivity index (χ0n) is 14.5. The smallest absolute Gasteiger partial charge is 0.251 e. The Balaban J connectivity index is 1.47. The van der Waals surface area contributed by atoms with Gasteiger partial charge in [0.2, 0.25) is 5.91 Å². The predicted molar refractivity (Wildman–Crippen MR) is 106 cm³/mol. The average Bonchev–Trinajstić information content (AvgIpc) is 3.30. The molecule has 0 aliphatic carbocycles. The van der Waals surface area contributed by atoms with Crippen LogP contribution >= 0.6 is 11.3 Å². The first kappa shape index (κ1) is 17.2. The summed E-state index contributed by atoms with van der Waals surface area (Å²) in [5, 5.41) is 13.7. The zero-order chi connectivity index (χ0) is 18.8. The molecule has 2 aromatic carbocycles. The van der Waals surface area contributed by atoms with Crippen LogP contribution in [0.1, 0.15) is 23.7 Å². The Labute approximate surface area is 158 Å². The molecule has 0 aliphatic heterocycles.